The van der Waals surface area contributed by atoms with Gasteiger partial charge in [-0.1, -0.05) is 0 Å². The summed E-state index contributed by atoms with van der Waals surface area (Å²) in [6.07, 6.45) is 1.36. The van der Waals surface area contributed by atoms with E-state index in [9.17, 15) is 8.42 Å². The van der Waals surface area contributed by atoms with E-state index in [4.69, 9.17) is 11.6 Å². The molecule has 0 spiro atoms. The molecule has 1 heterocycles. The van der Waals surface area contributed by atoms with Gasteiger partial charge in [0.05, 0.1) is 0 Å². The van der Waals surface area contributed by atoms with Crippen LogP contribution >= 0.6 is 11.6 Å². The summed E-state index contributed by atoms with van der Waals surface area (Å²) < 4.78 is 27.4. The lowest BCUT2D eigenvalue weighted by Crippen LogP contribution is -2.35. The van der Waals surface area contributed by atoms with Gasteiger partial charge in [0.15, 0.2) is 0 Å². The minimum absolute atomic E-state index is 0.0141. The molecule has 0 aliphatic carbocycles. The Balaban J connectivity index is 2.78. The minimum Gasteiger partial charge on any atom is -0.254 e. The van der Waals surface area contributed by atoms with Crippen molar-refractivity contribution in [2.45, 2.75) is 19.9 Å². The molecule has 0 unspecified atom stereocenters. The molecule has 0 atom stereocenters. The number of anilines is 1. The van der Waals surface area contributed by atoms with Crippen LogP contribution in [0.15, 0.2) is 12.3 Å². The largest absolute Gasteiger partial charge is 0.300 e. The molecule has 0 amide bonds. The van der Waals surface area contributed by atoms with Crippen LogP contribution in [0, 0.1) is 0 Å². The second-order valence-corrected chi connectivity index (χ2v) is 4.87. The topological polar surface area (TPSA) is 84.0 Å². The van der Waals surface area contributed by atoms with Crippen LogP contribution in [0.5, 0.6) is 0 Å². The van der Waals surface area contributed by atoms with Crippen LogP contribution in [0.3, 0.4) is 0 Å². The number of nitrogens with zero attached hydrogens (tertiary/aromatic N) is 2. The first-order valence-corrected chi connectivity index (χ1v) is 6.04. The molecule has 2 N–H and O–H groups in total. The van der Waals surface area contributed by atoms with Gasteiger partial charge in [-0.15, -0.1) is 0 Å². The molecule has 0 aromatic carbocycles. The average molecular weight is 251 g/mol. The van der Waals surface area contributed by atoms with E-state index >= 15 is 0 Å². The first kappa shape index (κ1) is 12.2. The second kappa shape index (κ2) is 4.73. The molecule has 0 saturated carbocycles. The van der Waals surface area contributed by atoms with Crippen molar-refractivity contribution in [3.63, 3.8) is 0 Å². The van der Waals surface area contributed by atoms with Gasteiger partial charge in [-0.3, -0.25) is 4.72 Å². The molecular formula is C7H11ClN4O2S. The van der Waals surface area contributed by atoms with Gasteiger partial charge < -0.3 is 0 Å². The number of aromatic nitrogens is 2. The first-order valence-electron chi connectivity index (χ1n) is 4.17. The van der Waals surface area contributed by atoms with Gasteiger partial charge >= 0.3 is 0 Å². The summed E-state index contributed by atoms with van der Waals surface area (Å²) >= 11 is 5.50. The highest BCUT2D eigenvalue weighted by molar-refractivity contribution is 7.90. The number of nitrogens with one attached hydrogen (secondary N) is 2. The highest BCUT2D eigenvalue weighted by Gasteiger charge is 2.11. The summed E-state index contributed by atoms with van der Waals surface area (Å²) in [5, 5.41) is -0.0141. The molecule has 0 fully saturated rings. The van der Waals surface area contributed by atoms with Crippen molar-refractivity contribution < 1.29 is 8.42 Å². The zero-order valence-corrected chi connectivity index (χ0v) is 9.80. The summed E-state index contributed by atoms with van der Waals surface area (Å²) in [4.78, 5) is 7.32. The van der Waals surface area contributed by atoms with E-state index in [1.807, 2.05) is 0 Å². The Hall–Kier alpha value is -0.920. The van der Waals surface area contributed by atoms with Crippen LogP contribution in [0.2, 0.25) is 5.28 Å². The standard InChI is InChI=1S/C7H11ClN4O2S/c1-5(2)11-15(13,14)12-6-3-4-9-7(8)10-6/h3-5,11H,1-2H3,(H,9,10,12). The van der Waals surface area contributed by atoms with E-state index in [1.54, 1.807) is 13.8 Å². The van der Waals surface area contributed by atoms with E-state index in [0.29, 0.717) is 0 Å². The van der Waals surface area contributed by atoms with Crippen molar-refractivity contribution in [3.8, 4) is 0 Å². The van der Waals surface area contributed by atoms with Gasteiger partial charge in [0.25, 0.3) is 10.2 Å². The molecule has 1 aromatic rings. The third kappa shape index (κ3) is 4.41. The third-order valence-electron chi connectivity index (χ3n) is 1.26. The van der Waals surface area contributed by atoms with E-state index in [-0.39, 0.29) is 17.1 Å². The molecule has 1 aromatic heterocycles. The second-order valence-electron chi connectivity index (χ2n) is 3.09. The lowest BCUT2D eigenvalue weighted by Gasteiger charge is -2.10. The summed E-state index contributed by atoms with van der Waals surface area (Å²) in [5.41, 5.74) is 0. The van der Waals surface area contributed by atoms with Gasteiger partial charge in [0, 0.05) is 12.2 Å². The summed E-state index contributed by atoms with van der Waals surface area (Å²) in [6.45, 7) is 3.43. The predicted octanol–water partition coefficient (Wildman–Crippen LogP) is 0.785. The van der Waals surface area contributed by atoms with Gasteiger partial charge in [0.1, 0.15) is 5.82 Å². The van der Waals surface area contributed by atoms with Crippen LogP contribution < -0.4 is 9.44 Å². The van der Waals surface area contributed by atoms with Crippen LogP contribution in [-0.4, -0.2) is 24.4 Å². The van der Waals surface area contributed by atoms with Crippen molar-refractivity contribution >= 4 is 27.6 Å². The molecule has 0 aliphatic heterocycles. The molecule has 0 bridgehead atoms. The Morgan fingerprint density at radius 3 is 2.67 bits per heavy atom. The monoisotopic (exact) mass is 250 g/mol. The predicted molar refractivity (Wildman–Crippen MR) is 57.9 cm³/mol. The average Bonchev–Trinajstić information content (AvgIpc) is 1.99. The maximum Gasteiger partial charge on any atom is 0.300 e. The Morgan fingerprint density at radius 1 is 1.47 bits per heavy atom. The Kier molecular flexibility index (Phi) is 3.83. The Labute approximate surface area is 93.3 Å². The van der Waals surface area contributed by atoms with E-state index in [0.717, 1.165) is 0 Å². The number of rotatable bonds is 4. The quantitative estimate of drug-likeness (QED) is 0.774. The fourth-order valence-corrected chi connectivity index (χ4v) is 2.09. The molecule has 6 nitrogen and oxygen atoms in total. The minimum atomic E-state index is -3.60. The lowest BCUT2D eigenvalue weighted by molar-refractivity contribution is 0.575. The van der Waals surface area contributed by atoms with Crippen molar-refractivity contribution in [1.29, 1.82) is 0 Å². The zero-order valence-electron chi connectivity index (χ0n) is 8.23. The van der Waals surface area contributed by atoms with Crippen molar-refractivity contribution in [3.05, 3.63) is 17.5 Å². The lowest BCUT2D eigenvalue weighted by atomic mass is 10.4. The fourth-order valence-electron chi connectivity index (χ4n) is 0.869. The van der Waals surface area contributed by atoms with Crippen LogP contribution in [0.25, 0.3) is 0 Å². The van der Waals surface area contributed by atoms with E-state index in [2.05, 4.69) is 19.4 Å². The van der Waals surface area contributed by atoms with E-state index < -0.39 is 10.2 Å². The zero-order chi connectivity index (χ0) is 11.5. The van der Waals surface area contributed by atoms with Gasteiger partial charge in [0.2, 0.25) is 5.28 Å². The molecule has 8 heteroatoms. The molecule has 0 aliphatic rings. The van der Waals surface area contributed by atoms with E-state index in [1.165, 1.54) is 12.3 Å². The number of hydrogen-bond acceptors (Lipinski definition) is 4. The maximum absolute atomic E-state index is 11.4. The normalized spacial score (nSPS) is 11.7. The van der Waals surface area contributed by atoms with Gasteiger partial charge in [-0.25, -0.2) is 4.98 Å². The first-order chi connectivity index (χ1) is 6.89. The SMILES string of the molecule is CC(C)NS(=O)(=O)Nc1ccnc(Cl)n1. The fraction of sp³-hybridized carbons (Fsp3) is 0.429. The molecule has 84 valence electrons. The molecule has 1 rings (SSSR count). The summed E-state index contributed by atoms with van der Waals surface area (Å²) in [6, 6.07) is 1.21. The molecule has 15 heavy (non-hydrogen) atoms. The van der Waals surface area contributed by atoms with Crippen molar-refractivity contribution in [2.24, 2.45) is 0 Å². The van der Waals surface area contributed by atoms with Crippen molar-refractivity contribution in [1.82, 2.24) is 14.7 Å². The Morgan fingerprint density at radius 2 is 2.13 bits per heavy atom. The van der Waals surface area contributed by atoms with Gasteiger partial charge in [-0.05, 0) is 31.5 Å². The summed E-state index contributed by atoms with van der Waals surface area (Å²) in [5.74, 6) is 0.128. The molecule has 0 radical (unpaired) electrons. The van der Waals surface area contributed by atoms with Crippen molar-refractivity contribution in [2.75, 3.05) is 4.72 Å². The van der Waals surface area contributed by atoms with Crippen LogP contribution in [-0.2, 0) is 10.2 Å². The Bertz CT molecular complexity index is 434. The molecule has 0 saturated heterocycles. The maximum atomic E-state index is 11.4. The third-order valence-corrected chi connectivity index (χ3v) is 2.70. The highest BCUT2D eigenvalue weighted by Crippen LogP contribution is 2.07. The number of hydrogen-bond donors (Lipinski definition) is 2. The number of halogens is 1. The van der Waals surface area contributed by atoms with Crippen LogP contribution in [0.4, 0.5) is 5.82 Å². The smallest absolute Gasteiger partial charge is 0.254 e. The molecular weight excluding hydrogens is 240 g/mol. The highest BCUT2D eigenvalue weighted by atomic mass is 35.5. The van der Waals surface area contributed by atoms with Gasteiger partial charge in [-0.2, -0.15) is 18.1 Å². The summed E-state index contributed by atoms with van der Waals surface area (Å²) in [7, 11) is -3.60. The van der Waals surface area contributed by atoms with Crippen LogP contribution in [0.1, 0.15) is 13.8 Å².